The Labute approximate surface area is 126 Å². The van der Waals surface area contributed by atoms with Crippen LogP contribution in [0, 0.1) is 0 Å². The summed E-state index contributed by atoms with van der Waals surface area (Å²) in [7, 11) is 0. The standard InChI is InChI=1S/C16H12ClN3O/c17-13-7-11-5-10(1-2-15(11)20-9-13)6-12-8-19-4-3-14(12)16(18)21/h1-5,7-9H,6H2,(H2,18,21). The van der Waals surface area contributed by atoms with Crippen molar-refractivity contribution < 1.29 is 4.79 Å². The van der Waals surface area contributed by atoms with Crippen LogP contribution in [0.4, 0.5) is 0 Å². The SMILES string of the molecule is NC(=O)c1ccncc1Cc1ccc2ncc(Cl)cc2c1. The number of carbonyl (C=O) groups is 1. The third kappa shape index (κ3) is 2.85. The van der Waals surface area contributed by atoms with Crippen molar-refractivity contribution in [3.05, 3.63) is 70.6 Å². The van der Waals surface area contributed by atoms with E-state index >= 15 is 0 Å². The lowest BCUT2D eigenvalue weighted by Gasteiger charge is -2.07. The number of rotatable bonds is 3. The minimum atomic E-state index is -0.446. The second-order valence-electron chi connectivity index (χ2n) is 4.75. The molecular formula is C16H12ClN3O. The first kappa shape index (κ1) is 13.5. The van der Waals surface area contributed by atoms with Crippen molar-refractivity contribution in [2.24, 2.45) is 5.73 Å². The fraction of sp³-hybridized carbons (Fsp3) is 0.0625. The predicted octanol–water partition coefficient (Wildman–Crippen LogP) is 2.97. The molecule has 2 aromatic heterocycles. The molecule has 0 atom stereocenters. The monoisotopic (exact) mass is 297 g/mol. The Bertz CT molecular complexity index is 833. The zero-order valence-corrected chi connectivity index (χ0v) is 11.8. The number of nitrogens with zero attached hydrogens (tertiary/aromatic N) is 2. The van der Waals surface area contributed by atoms with Crippen LogP contribution in [0.15, 0.2) is 48.9 Å². The van der Waals surface area contributed by atoms with Crippen LogP contribution in [0.2, 0.25) is 5.02 Å². The zero-order valence-electron chi connectivity index (χ0n) is 11.1. The summed E-state index contributed by atoms with van der Waals surface area (Å²) in [5.74, 6) is -0.446. The molecule has 0 aliphatic heterocycles. The second kappa shape index (κ2) is 5.50. The number of halogens is 1. The zero-order chi connectivity index (χ0) is 14.8. The normalized spacial score (nSPS) is 10.7. The number of hydrogen-bond donors (Lipinski definition) is 1. The van der Waals surface area contributed by atoms with Gasteiger partial charge in [0.1, 0.15) is 0 Å². The number of nitrogens with two attached hydrogens (primary N) is 1. The van der Waals surface area contributed by atoms with Crippen LogP contribution in [0.3, 0.4) is 0 Å². The van der Waals surface area contributed by atoms with Gasteiger partial charge in [0.2, 0.25) is 5.91 Å². The Morgan fingerprint density at radius 2 is 2.05 bits per heavy atom. The van der Waals surface area contributed by atoms with Crippen LogP contribution < -0.4 is 5.73 Å². The Morgan fingerprint density at radius 3 is 2.86 bits per heavy atom. The van der Waals surface area contributed by atoms with Crippen molar-refractivity contribution in [2.75, 3.05) is 0 Å². The largest absolute Gasteiger partial charge is 0.366 e. The van der Waals surface area contributed by atoms with Gasteiger partial charge in [-0.15, -0.1) is 0 Å². The Kier molecular flexibility index (Phi) is 3.54. The van der Waals surface area contributed by atoms with Crippen LogP contribution in [-0.4, -0.2) is 15.9 Å². The molecule has 4 nitrogen and oxygen atoms in total. The average Bonchev–Trinajstić information content (AvgIpc) is 2.47. The van der Waals surface area contributed by atoms with Crippen LogP contribution in [0.5, 0.6) is 0 Å². The van der Waals surface area contributed by atoms with E-state index < -0.39 is 5.91 Å². The molecule has 21 heavy (non-hydrogen) atoms. The van der Waals surface area contributed by atoms with Crippen molar-refractivity contribution in [1.29, 1.82) is 0 Å². The maximum absolute atomic E-state index is 11.4. The number of primary amides is 1. The third-order valence-electron chi connectivity index (χ3n) is 3.28. The van der Waals surface area contributed by atoms with E-state index in [-0.39, 0.29) is 0 Å². The van der Waals surface area contributed by atoms with Gasteiger partial charge in [-0.05, 0) is 41.8 Å². The Morgan fingerprint density at radius 1 is 1.19 bits per heavy atom. The van der Waals surface area contributed by atoms with Crippen LogP contribution in [-0.2, 0) is 6.42 Å². The second-order valence-corrected chi connectivity index (χ2v) is 5.19. The van der Waals surface area contributed by atoms with E-state index in [1.807, 2.05) is 24.3 Å². The molecule has 0 radical (unpaired) electrons. The fourth-order valence-electron chi connectivity index (χ4n) is 2.29. The summed E-state index contributed by atoms with van der Waals surface area (Å²) in [5, 5.41) is 1.56. The van der Waals surface area contributed by atoms with Crippen LogP contribution in [0.1, 0.15) is 21.5 Å². The first-order valence-electron chi connectivity index (χ1n) is 6.40. The molecule has 0 bridgehead atoms. The van der Waals surface area contributed by atoms with E-state index in [1.54, 1.807) is 24.7 Å². The molecule has 5 heteroatoms. The number of benzene rings is 1. The third-order valence-corrected chi connectivity index (χ3v) is 3.48. The molecule has 3 aromatic rings. The highest BCUT2D eigenvalue weighted by atomic mass is 35.5. The lowest BCUT2D eigenvalue weighted by Crippen LogP contribution is -2.14. The summed E-state index contributed by atoms with van der Waals surface area (Å²) in [6, 6.07) is 9.41. The Balaban J connectivity index is 2.00. The van der Waals surface area contributed by atoms with Gasteiger partial charge in [-0.2, -0.15) is 0 Å². The maximum atomic E-state index is 11.4. The molecule has 0 aliphatic rings. The minimum absolute atomic E-state index is 0.446. The van der Waals surface area contributed by atoms with E-state index in [2.05, 4.69) is 9.97 Å². The Hall–Kier alpha value is -2.46. The van der Waals surface area contributed by atoms with Gasteiger partial charge in [0.15, 0.2) is 0 Å². The van der Waals surface area contributed by atoms with Crippen molar-refractivity contribution in [3.8, 4) is 0 Å². The lowest BCUT2D eigenvalue weighted by atomic mass is 10.0. The molecule has 0 aliphatic carbocycles. The van der Waals surface area contributed by atoms with E-state index in [0.717, 1.165) is 22.0 Å². The molecule has 0 spiro atoms. The maximum Gasteiger partial charge on any atom is 0.249 e. The predicted molar refractivity (Wildman–Crippen MR) is 82.3 cm³/mol. The van der Waals surface area contributed by atoms with E-state index in [1.165, 1.54) is 0 Å². The van der Waals surface area contributed by atoms with Crippen molar-refractivity contribution in [1.82, 2.24) is 9.97 Å². The van der Waals surface area contributed by atoms with Crippen LogP contribution in [0.25, 0.3) is 10.9 Å². The molecule has 0 saturated heterocycles. The average molecular weight is 298 g/mol. The van der Waals surface area contributed by atoms with Gasteiger partial charge >= 0.3 is 0 Å². The number of amides is 1. The summed E-state index contributed by atoms with van der Waals surface area (Å²) >= 11 is 5.96. The molecule has 0 fully saturated rings. The molecule has 2 N–H and O–H groups in total. The summed E-state index contributed by atoms with van der Waals surface area (Å²) in [6.45, 7) is 0. The molecule has 104 valence electrons. The van der Waals surface area contributed by atoms with Crippen molar-refractivity contribution >= 4 is 28.4 Å². The van der Waals surface area contributed by atoms with E-state index in [4.69, 9.17) is 17.3 Å². The number of fused-ring (bicyclic) bond motifs is 1. The van der Waals surface area contributed by atoms with E-state index in [9.17, 15) is 4.79 Å². The van der Waals surface area contributed by atoms with Gasteiger partial charge < -0.3 is 5.73 Å². The molecular weight excluding hydrogens is 286 g/mol. The highest BCUT2D eigenvalue weighted by molar-refractivity contribution is 6.31. The lowest BCUT2D eigenvalue weighted by molar-refractivity contribution is 0.0999. The van der Waals surface area contributed by atoms with Gasteiger partial charge in [-0.3, -0.25) is 14.8 Å². The van der Waals surface area contributed by atoms with Gasteiger partial charge in [0.05, 0.1) is 10.5 Å². The summed E-state index contributed by atoms with van der Waals surface area (Å²) in [4.78, 5) is 19.8. The van der Waals surface area contributed by atoms with E-state index in [0.29, 0.717) is 17.0 Å². The number of hydrogen-bond acceptors (Lipinski definition) is 3. The summed E-state index contributed by atoms with van der Waals surface area (Å²) in [5.41, 5.74) is 8.61. The van der Waals surface area contributed by atoms with Gasteiger partial charge in [0.25, 0.3) is 0 Å². The number of aromatic nitrogens is 2. The number of carbonyl (C=O) groups excluding carboxylic acids is 1. The molecule has 2 heterocycles. The minimum Gasteiger partial charge on any atom is -0.366 e. The molecule has 1 aromatic carbocycles. The molecule has 3 rings (SSSR count). The highest BCUT2D eigenvalue weighted by Crippen LogP contribution is 2.20. The molecule has 1 amide bonds. The summed E-state index contributed by atoms with van der Waals surface area (Å²) in [6.07, 6.45) is 5.43. The molecule has 0 saturated carbocycles. The van der Waals surface area contributed by atoms with Gasteiger partial charge in [-0.25, -0.2) is 0 Å². The highest BCUT2D eigenvalue weighted by Gasteiger charge is 2.09. The fourth-order valence-corrected chi connectivity index (χ4v) is 2.46. The molecule has 0 unspecified atom stereocenters. The van der Waals surface area contributed by atoms with Crippen molar-refractivity contribution in [2.45, 2.75) is 6.42 Å². The quantitative estimate of drug-likeness (QED) is 0.808. The first-order chi connectivity index (χ1) is 10.1. The van der Waals surface area contributed by atoms with Crippen molar-refractivity contribution in [3.63, 3.8) is 0 Å². The van der Waals surface area contributed by atoms with Gasteiger partial charge in [-0.1, -0.05) is 17.7 Å². The topological polar surface area (TPSA) is 68.9 Å². The van der Waals surface area contributed by atoms with Crippen LogP contribution >= 0.6 is 11.6 Å². The number of pyridine rings is 2. The smallest absolute Gasteiger partial charge is 0.249 e. The summed E-state index contributed by atoms with van der Waals surface area (Å²) < 4.78 is 0. The first-order valence-corrected chi connectivity index (χ1v) is 6.78. The van der Waals surface area contributed by atoms with Gasteiger partial charge in [0, 0.05) is 29.5 Å².